The number of anilines is 2. The topological polar surface area (TPSA) is 48.5 Å². The molecule has 33 heavy (non-hydrogen) atoms. The first-order chi connectivity index (χ1) is 16.1. The minimum absolute atomic E-state index is 0.248. The van der Waals surface area contributed by atoms with Gasteiger partial charge in [-0.25, -0.2) is 0 Å². The van der Waals surface area contributed by atoms with Crippen molar-refractivity contribution in [1.82, 2.24) is 9.80 Å². The van der Waals surface area contributed by atoms with Gasteiger partial charge >= 0.3 is 0 Å². The number of amides is 1. The van der Waals surface area contributed by atoms with Crippen LogP contribution in [0.1, 0.15) is 12.0 Å². The first-order valence-corrected chi connectivity index (χ1v) is 11.9. The van der Waals surface area contributed by atoms with Crippen molar-refractivity contribution in [3.05, 3.63) is 54.1 Å². The average Bonchev–Trinajstić information content (AvgIpc) is 2.88. The molecule has 0 unspecified atom stereocenters. The van der Waals surface area contributed by atoms with Crippen LogP contribution in [0.2, 0.25) is 0 Å². The fraction of sp³-hybridized carbons (Fsp3) is 0.500. The molecule has 7 heteroatoms. The summed E-state index contributed by atoms with van der Waals surface area (Å²) >= 11 is 0. The highest BCUT2D eigenvalue weighted by molar-refractivity contribution is 5.76. The van der Waals surface area contributed by atoms with Crippen LogP contribution in [0.15, 0.2) is 48.5 Å². The standard InChI is InChI=1S/C26H36N4O3/c1-27(21-22-5-3-4-6-25(22)29-17-19-33-20-18-29)12-11-26(31)30-15-13-28(14-16-30)23-7-9-24(32-2)10-8-23/h3-10H,11-21H2,1-2H3. The second-order valence-electron chi connectivity index (χ2n) is 8.78. The van der Waals surface area contributed by atoms with Gasteiger partial charge in [-0.1, -0.05) is 18.2 Å². The number of piperazine rings is 1. The number of methoxy groups -OCH3 is 1. The Kier molecular flexibility index (Phi) is 8.07. The van der Waals surface area contributed by atoms with Gasteiger partial charge in [0, 0.05) is 70.2 Å². The van der Waals surface area contributed by atoms with Crippen LogP contribution >= 0.6 is 0 Å². The zero-order chi connectivity index (χ0) is 23.0. The second kappa shape index (κ2) is 11.4. The summed E-state index contributed by atoms with van der Waals surface area (Å²) in [5, 5.41) is 0. The van der Waals surface area contributed by atoms with E-state index in [9.17, 15) is 4.79 Å². The Morgan fingerprint density at radius 3 is 2.33 bits per heavy atom. The molecule has 178 valence electrons. The first kappa shape index (κ1) is 23.4. The molecule has 0 bridgehead atoms. The number of ether oxygens (including phenoxy) is 2. The number of benzene rings is 2. The smallest absolute Gasteiger partial charge is 0.223 e. The number of nitrogens with zero attached hydrogens (tertiary/aromatic N) is 4. The molecule has 2 aromatic carbocycles. The molecule has 2 aliphatic rings. The van der Waals surface area contributed by atoms with Crippen LogP contribution in [0.4, 0.5) is 11.4 Å². The summed E-state index contributed by atoms with van der Waals surface area (Å²) in [6, 6.07) is 16.7. The highest BCUT2D eigenvalue weighted by Gasteiger charge is 2.22. The van der Waals surface area contributed by atoms with Gasteiger partial charge in [-0.05, 0) is 42.9 Å². The van der Waals surface area contributed by atoms with Gasteiger partial charge in [0.25, 0.3) is 0 Å². The molecular formula is C26H36N4O3. The van der Waals surface area contributed by atoms with Crippen molar-refractivity contribution in [3.63, 3.8) is 0 Å². The maximum absolute atomic E-state index is 12.8. The molecular weight excluding hydrogens is 416 g/mol. The summed E-state index contributed by atoms with van der Waals surface area (Å²) in [6.07, 6.45) is 0.554. The first-order valence-electron chi connectivity index (χ1n) is 11.9. The maximum Gasteiger partial charge on any atom is 0.223 e. The van der Waals surface area contributed by atoms with Gasteiger partial charge < -0.3 is 29.1 Å². The van der Waals surface area contributed by atoms with E-state index in [4.69, 9.17) is 9.47 Å². The lowest BCUT2D eigenvalue weighted by atomic mass is 10.1. The van der Waals surface area contributed by atoms with Gasteiger partial charge in [0.15, 0.2) is 0 Å². The minimum Gasteiger partial charge on any atom is -0.497 e. The van der Waals surface area contributed by atoms with Crippen molar-refractivity contribution in [3.8, 4) is 5.75 Å². The van der Waals surface area contributed by atoms with Crippen LogP contribution < -0.4 is 14.5 Å². The molecule has 2 saturated heterocycles. The van der Waals surface area contributed by atoms with Gasteiger partial charge in [-0.15, -0.1) is 0 Å². The number of carbonyl (C=O) groups excluding carboxylic acids is 1. The summed E-state index contributed by atoms with van der Waals surface area (Å²) in [5.74, 6) is 1.11. The Bertz CT molecular complexity index is 891. The highest BCUT2D eigenvalue weighted by Crippen LogP contribution is 2.23. The quantitative estimate of drug-likeness (QED) is 0.614. The van der Waals surface area contributed by atoms with Crippen molar-refractivity contribution in [1.29, 1.82) is 0 Å². The Morgan fingerprint density at radius 2 is 1.64 bits per heavy atom. The monoisotopic (exact) mass is 452 g/mol. The van der Waals surface area contributed by atoms with Crippen LogP contribution in [-0.4, -0.2) is 88.9 Å². The van der Waals surface area contributed by atoms with Crippen molar-refractivity contribution in [2.45, 2.75) is 13.0 Å². The second-order valence-corrected chi connectivity index (χ2v) is 8.78. The largest absolute Gasteiger partial charge is 0.497 e. The van der Waals surface area contributed by atoms with Crippen LogP contribution in [0, 0.1) is 0 Å². The number of para-hydroxylation sites is 1. The lowest BCUT2D eigenvalue weighted by Crippen LogP contribution is -2.49. The van der Waals surface area contributed by atoms with Crippen molar-refractivity contribution in [2.24, 2.45) is 0 Å². The Morgan fingerprint density at radius 1 is 0.939 bits per heavy atom. The van der Waals surface area contributed by atoms with Gasteiger partial charge in [0.2, 0.25) is 5.91 Å². The Labute approximate surface area is 197 Å². The molecule has 0 spiro atoms. The SMILES string of the molecule is COc1ccc(N2CCN(C(=O)CCN(C)Cc3ccccc3N3CCOCC3)CC2)cc1. The minimum atomic E-state index is 0.248. The molecule has 4 rings (SSSR count). The van der Waals surface area contributed by atoms with E-state index in [0.717, 1.165) is 71.3 Å². The van der Waals surface area contributed by atoms with E-state index >= 15 is 0 Å². The molecule has 0 saturated carbocycles. The van der Waals surface area contributed by atoms with Crippen molar-refractivity contribution < 1.29 is 14.3 Å². The highest BCUT2D eigenvalue weighted by atomic mass is 16.5. The van der Waals surface area contributed by atoms with Gasteiger partial charge in [-0.2, -0.15) is 0 Å². The van der Waals surface area contributed by atoms with Crippen LogP contribution in [0.3, 0.4) is 0 Å². The predicted octanol–water partition coefficient (Wildman–Crippen LogP) is 2.70. The van der Waals surface area contributed by atoms with Crippen LogP contribution in [-0.2, 0) is 16.1 Å². The molecule has 2 aliphatic heterocycles. The van der Waals surface area contributed by atoms with Gasteiger partial charge in [0.05, 0.1) is 20.3 Å². The van der Waals surface area contributed by atoms with E-state index in [1.165, 1.54) is 16.9 Å². The number of hydrogen-bond donors (Lipinski definition) is 0. The Balaban J connectivity index is 1.23. The van der Waals surface area contributed by atoms with Crippen LogP contribution in [0.25, 0.3) is 0 Å². The third-order valence-corrected chi connectivity index (χ3v) is 6.56. The third kappa shape index (κ3) is 6.18. The van der Waals surface area contributed by atoms with Gasteiger partial charge in [-0.3, -0.25) is 4.79 Å². The van der Waals surface area contributed by atoms with Crippen LogP contribution in [0.5, 0.6) is 5.75 Å². The van der Waals surface area contributed by atoms with Crippen molar-refractivity contribution in [2.75, 3.05) is 83.0 Å². The number of rotatable bonds is 8. The van der Waals surface area contributed by atoms with E-state index in [-0.39, 0.29) is 5.91 Å². The third-order valence-electron chi connectivity index (χ3n) is 6.56. The summed E-state index contributed by atoms with van der Waals surface area (Å²) in [6.45, 7) is 8.30. The molecule has 0 radical (unpaired) electrons. The fourth-order valence-electron chi connectivity index (χ4n) is 4.58. The predicted molar refractivity (Wildman–Crippen MR) is 132 cm³/mol. The summed E-state index contributed by atoms with van der Waals surface area (Å²) < 4.78 is 10.7. The molecule has 0 aromatic heterocycles. The molecule has 0 atom stereocenters. The molecule has 1 amide bonds. The van der Waals surface area contributed by atoms with E-state index in [1.807, 2.05) is 17.0 Å². The Hall–Kier alpha value is -2.77. The zero-order valence-electron chi connectivity index (χ0n) is 19.9. The van der Waals surface area contributed by atoms with E-state index in [2.05, 4.69) is 58.1 Å². The molecule has 2 aromatic rings. The van der Waals surface area contributed by atoms with E-state index in [0.29, 0.717) is 6.42 Å². The normalized spacial score (nSPS) is 16.9. The number of hydrogen-bond acceptors (Lipinski definition) is 6. The van der Waals surface area contributed by atoms with Gasteiger partial charge in [0.1, 0.15) is 5.75 Å². The summed E-state index contributed by atoms with van der Waals surface area (Å²) in [5.41, 5.74) is 3.78. The lowest BCUT2D eigenvalue weighted by Gasteiger charge is -2.36. The van der Waals surface area contributed by atoms with E-state index < -0.39 is 0 Å². The lowest BCUT2D eigenvalue weighted by molar-refractivity contribution is -0.131. The van der Waals surface area contributed by atoms with E-state index in [1.54, 1.807) is 7.11 Å². The average molecular weight is 453 g/mol. The summed E-state index contributed by atoms with van der Waals surface area (Å²) in [4.78, 5) is 21.8. The molecule has 7 nitrogen and oxygen atoms in total. The fourth-order valence-corrected chi connectivity index (χ4v) is 4.58. The number of carbonyl (C=O) groups is 1. The molecule has 2 fully saturated rings. The van der Waals surface area contributed by atoms with Crippen molar-refractivity contribution >= 4 is 17.3 Å². The molecule has 0 N–H and O–H groups in total. The maximum atomic E-state index is 12.8. The molecule has 2 heterocycles. The number of morpholine rings is 1. The zero-order valence-corrected chi connectivity index (χ0v) is 19.9. The summed E-state index contributed by atoms with van der Waals surface area (Å²) in [7, 11) is 3.78. The molecule has 0 aliphatic carbocycles.